The summed E-state index contributed by atoms with van der Waals surface area (Å²) in [7, 11) is -4.28. The van der Waals surface area contributed by atoms with Gasteiger partial charge in [0.25, 0.3) is 10.0 Å². The molecular weight excluding hydrogens is 564 g/mol. The molecule has 7 nitrogen and oxygen atoms in total. The second-order valence-electron chi connectivity index (χ2n) is 9.15. The fraction of sp³-hybridized carbons (Fsp3) is 0.286. The van der Waals surface area contributed by atoms with Crippen LogP contribution in [0, 0.1) is 5.82 Å². The van der Waals surface area contributed by atoms with E-state index in [4.69, 9.17) is 23.2 Å². The molecule has 1 atom stereocenters. The fourth-order valence-electron chi connectivity index (χ4n) is 3.99. The lowest BCUT2D eigenvalue weighted by Crippen LogP contribution is -2.53. The van der Waals surface area contributed by atoms with Crippen LogP contribution in [-0.2, 0) is 26.2 Å². The highest BCUT2D eigenvalue weighted by Crippen LogP contribution is 2.27. The molecule has 208 valence electrons. The van der Waals surface area contributed by atoms with Crippen LogP contribution in [0.3, 0.4) is 0 Å². The monoisotopic (exact) mass is 593 g/mol. The van der Waals surface area contributed by atoms with Crippen LogP contribution in [-0.4, -0.2) is 43.8 Å². The molecule has 0 unspecified atom stereocenters. The molecule has 0 saturated carbocycles. The van der Waals surface area contributed by atoms with Gasteiger partial charge in [-0.05, 0) is 74.4 Å². The van der Waals surface area contributed by atoms with Gasteiger partial charge in [0.2, 0.25) is 11.8 Å². The summed E-state index contributed by atoms with van der Waals surface area (Å²) in [6, 6.07) is 16.2. The standard InChI is InChI=1S/C28H30Cl2FN3O4S/c1-4-26(28(36)32-19(2)3)33(17-20-10-11-21(29)16-25(20)30)27(35)18-34(23-8-6-5-7-9-23)39(37,38)24-14-12-22(31)13-15-24/h5-16,19,26H,4,17-18H2,1-3H3,(H,32,36)/t26-/m1/s1. The van der Waals surface area contributed by atoms with Gasteiger partial charge in [-0.2, -0.15) is 0 Å². The van der Waals surface area contributed by atoms with Crippen molar-refractivity contribution >= 4 is 50.7 Å². The van der Waals surface area contributed by atoms with Gasteiger partial charge in [-0.15, -0.1) is 0 Å². The van der Waals surface area contributed by atoms with E-state index < -0.39 is 34.3 Å². The molecule has 3 rings (SSSR count). The largest absolute Gasteiger partial charge is 0.352 e. The van der Waals surface area contributed by atoms with Crippen molar-refractivity contribution in [3.8, 4) is 0 Å². The van der Waals surface area contributed by atoms with Crippen LogP contribution < -0.4 is 9.62 Å². The number of nitrogens with zero attached hydrogens (tertiary/aromatic N) is 2. The Hall–Kier alpha value is -3.14. The molecule has 0 aromatic heterocycles. The quantitative estimate of drug-likeness (QED) is 0.311. The number of rotatable bonds is 11. The van der Waals surface area contributed by atoms with Crippen molar-refractivity contribution in [3.63, 3.8) is 0 Å². The smallest absolute Gasteiger partial charge is 0.264 e. The molecule has 0 aliphatic carbocycles. The highest BCUT2D eigenvalue weighted by molar-refractivity contribution is 7.92. The predicted octanol–water partition coefficient (Wildman–Crippen LogP) is 5.66. The van der Waals surface area contributed by atoms with Crippen LogP contribution >= 0.6 is 23.2 Å². The molecule has 0 heterocycles. The van der Waals surface area contributed by atoms with Gasteiger partial charge in [0.05, 0.1) is 10.6 Å². The number of nitrogens with one attached hydrogen (secondary N) is 1. The number of para-hydroxylation sites is 1. The first-order valence-corrected chi connectivity index (χ1v) is 14.5. The van der Waals surface area contributed by atoms with Crippen LogP contribution in [0.15, 0.2) is 77.7 Å². The van der Waals surface area contributed by atoms with E-state index in [9.17, 15) is 22.4 Å². The summed E-state index contributed by atoms with van der Waals surface area (Å²) < 4.78 is 41.9. The Balaban J connectivity index is 2.06. The van der Waals surface area contributed by atoms with E-state index >= 15 is 0 Å². The van der Waals surface area contributed by atoms with Gasteiger partial charge < -0.3 is 10.2 Å². The van der Waals surface area contributed by atoms with Crippen LogP contribution in [0.1, 0.15) is 32.8 Å². The van der Waals surface area contributed by atoms with E-state index in [0.29, 0.717) is 15.6 Å². The van der Waals surface area contributed by atoms with E-state index in [1.54, 1.807) is 63.2 Å². The first-order valence-electron chi connectivity index (χ1n) is 12.3. The minimum Gasteiger partial charge on any atom is -0.352 e. The summed E-state index contributed by atoms with van der Waals surface area (Å²) in [5, 5.41) is 3.54. The van der Waals surface area contributed by atoms with Gasteiger partial charge in [0.15, 0.2) is 0 Å². The number of amides is 2. The Kier molecular flexibility index (Phi) is 10.4. The van der Waals surface area contributed by atoms with Crippen LogP contribution in [0.5, 0.6) is 0 Å². The summed E-state index contributed by atoms with van der Waals surface area (Å²) in [6.45, 7) is 4.70. The third-order valence-corrected chi connectivity index (χ3v) is 8.27. The molecule has 2 amide bonds. The summed E-state index contributed by atoms with van der Waals surface area (Å²) in [6.07, 6.45) is 0.269. The van der Waals surface area contributed by atoms with Gasteiger partial charge in [0, 0.05) is 22.6 Å². The fourth-order valence-corrected chi connectivity index (χ4v) is 5.87. The maximum Gasteiger partial charge on any atom is 0.264 e. The van der Waals surface area contributed by atoms with E-state index in [2.05, 4.69) is 5.32 Å². The number of hydrogen-bond donors (Lipinski definition) is 1. The number of hydrogen-bond acceptors (Lipinski definition) is 4. The second-order valence-corrected chi connectivity index (χ2v) is 11.9. The Bertz CT molecular complexity index is 1400. The molecule has 1 N–H and O–H groups in total. The summed E-state index contributed by atoms with van der Waals surface area (Å²) in [5.74, 6) is -1.59. The molecule has 0 aliphatic rings. The molecule has 0 bridgehead atoms. The Morgan fingerprint density at radius 2 is 1.62 bits per heavy atom. The first-order chi connectivity index (χ1) is 18.4. The molecule has 0 spiro atoms. The topological polar surface area (TPSA) is 86.8 Å². The van der Waals surface area contributed by atoms with E-state index in [1.165, 1.54) is 11.0 Å². The van der Waals surface area contributed by atoms with Crippen molar-refractivity contribution in [1.82, 2.24) is 10.2 Å². The maximum absolute atomic E-state index is 13.9. The molecule has 0 fully saturated rings. The van der Waals surface area contributed by atoms with Crippen molar-refractivity contribution in [2.24, 2.45) is 0 Å². The SMILES string of the molecule is CC[C@H](C(=O)NC(C)C)N(Cc1ccc(Cl)cc1Cl)C(=O)CN(c1ccccc1)S(=O)(=O)c1ccc(F)cc1. The Labute approximate surface area is 238 Å². The minimum atomic E-state index is -4.28. The molecule has 11 heteroatoms. The summed E-state index contributed by atoms with van der Waals surface area (Å²) in [4.78, 5) is 28.2. The molecule has 3 aromatic rings. The highest BCUT2D eigenvalue weighted by Gasteiger charge is 2.34. The van der Waals surface area contributed by atoms with Gasteiger partial charge in [-0.25, -0.2) is 12.8 Å². The second kappa shape index (κ2) is 13.3. The van der Waals surface area contributed by atoms with Crippen LogP contribution in [0.4, 0.5) is 10.1 Å². The highest BCUT2D eigenvalue weighted by atomic mass is 35.5. The lowest BCUT2D eigenvalue weighted by molar-refractivity contribution is -0.140. The Morgan fingerprint density at radius 1 is 0.974 bits per heavy atom. The van der Waals surface area contributed by atoms with Crippen molar-refractivity contribution in [2.45, 2.75) is 50.7 Å². The number of halogens is 3. The lowest BCUT2D eigenvalue weighted by atomic mass is 10.1. The third-order valence-electron chi connectivity index (χ3n) is 5.90. The molecular formula is C28H30Cl2FN3O4S. The Morgan fingerprint density at radius 3 is 2.18 bits per heavy atom. The average Bonchev–Trinajstić information content (AvgIpc) is 2.88. The van der Waals surface area contributed by atoms with E-state index in [0.717, 1.165) is 28.6 Å². The molecule has 0 saturated heterocycles. The van der Waals surface area contributed by atoms with Crippen molar-refractivity contribution in [1.29, 1.82) is 0 Å². The average molecular weight is 595 g/mol. The molecule has 0 radical (unpaired) electrons. The van der Waals surface area contributed by atoms with Gasteiger partial charge in [-0.1, -0.05) is 54.4 Å². The normalized spacial score (nSPS) is 12.2. The van der Waals surface area contributed by atoms with Gasteiger partial charge in [0.1, 0.15) is 18.4 Å². The van der Waals surface area contributed by atoms with E-state index in [1.807, 2.05) is 0 Å². The zero-order valence-corrected chi connectivity index (χ0v) is 24.1. The molecule has 0 aliphatic heterocycles. The first kappa shape index (κ1) is 30.4. The van der Waals surface area contributed by atoms with Crippen LogP contribution in [0.25, 0.3) is 0 Å². The predicted molar refractivity (Wildman–Crippen MR) is 152 cm³/mol. The van der Waals surface area contributed by atoms with Crippen molar-refractivity contribution in [2.75, 3.05) is 10.8 Å². The maximum atomic E-state index is 13.9. The number of anilines is 1. The van der Waals surface area contributed by atoms with Crippen LogP contribution in [0.2, 0.25) is 10.0 Å². The molecule has 3 aromatic carbocycles. The van der Waals surface area contributed by atoms with E-state index in [-0.39, 0.29) is 35.5 Å². The van der Waals surface area contributed by atoms with Crippen molar-refractivity contribution < 1.29 is 22.4 Å². The van der Waals surface area contributed by atoms with Gasteiger partial charge >= 0.3 is 0 Å². The zero-order valence-electron chi connectivity index (χ0n) is 21.8. The minimum absolute atomic E-state index is 0.0575. The molecule has 39 heavy (non-hydrogen) atoms. The van der Waals surface area contributed by atoms with Crippen molar-refractivity contribution in [3.05, 3.63) is 94.2 Å². The summed E-state index contributed by atoms with van der Waals surface area (Å²) in [5.41, 5.74) is 0.775. The van der Waals surface area contributed by atoms with Gasteiger partial charge in [-0.3, -0.25) is 13.9 Å². The third kappa shape index (κ3) is 7.71. The number of sulfonamides is 1. The number of carbonyl (C=O) groups is 2. The lowest BCUT2D eigenvalue weighted by Gasteiger charge is -2.33. The zero-order chi connectivity index (χ0) is 28.7. The summed E-state index contributed by atoms with van der Waals surface area (Å²) >= 11 is 12.4. The number of benzene rings is 3. The number of carbonyl (C=O) groups excluding carboxylic acids is 2.